The number of thiophene rings is 1. The van der Waals surface area contributed by atoms with E-state index in [0.717, 1.165) is 32.0 Å². The predicted molar refractivity (Wildman–Crippen MR) is 101 cm³/mol. The minimum absolute atomic E-state index is 0.200. The van der Waals surface area contributed by atoms with Crippen LogP contribution < -0.4 is 5.32 Å². The molecule has 0 radical (unpaired) electrons. The van der Waals surface area contributed by atoms with Gasteiger partial charge in [-0.15, -0.1) is 11.3 Å². The van der Waals surface area contributed by atoms with E-state index >= 15 is 0 Å². The first-order valence-corrected chi connectivity index (χ1v) is 8.82. The molecule has 0 aliphatic rings. The molecule has 2 heterocycles. The van der Waals surface area contributed by atoms with E-state index < -0.39 is 0 Å². The second-order valence-corrected chi connectivity index (χ2v) is 6.85. The van der Waals surface area contributed by atoms with Crippen molar-refractivity contribution in [3.05, 3.63) is 77.9 Å². The zero-order valence-electron chi connectivity index (χ0n) is 13.7. The molecule has 2 aromatic carbocycles. The molecule has 0 fully saturated rings. The van der Waals surface area contributed by atoms with Gasteiger partial charge < -0.3 is 5.32 Å². The lowest BCUT2D eigenvalue weighted by Gasteiger charge is -2.09. The van der Waals surface area contributed by atoms with Gasteiger partial charge >= 0.3 is 0 Å². The fourth-order valence-corrected chi connectivity index (χ4v) is 3.87. The average Bonchev–Trinajstić information content (AvgIpc) is 3.07. The van der Waals surface area contributed by atoms with E-state index in [4.69, 9.17) is 0 Å². The fourth-order valence-electron chi connectivity index (χ4n) is 2.79. The number of aryl methyl sites for hydroxylation is 1. The van der Waals surface area contributed by atoms with Crippen molar-refractivity contribution in [3.63, 3.8) is 0 Å². The monoisotopic (exact) mass is 349 g/mol. The molecular formula is C20H16FN3S. The molecule has 1 N–H and O–H groups in total. The standard InChI is InChI=1S/C20H16FN3S/c1-13-6-5-9-16(21)15(13)11-22-20-19-17(23-12-24-20)10-18(25-19)14-7-3-2-4-8-14/h2-10,12H,11H2,1H3,(H,22,23,24). The van der Waals surface area contributed by atoms with Crippen molar-refractivity contribution in [2.24, 2.45) is 0 Å². The molecule has 25 heavy (non-hydrogen) atoms. The number of nitrogens with zero attached hydrogens (tertiary/aromatic N) is 2. The van der Waals surface area contributed by atoms with Gasteiger partial charge in [0, 0.05) is 17.0 Å². The van der Waals surface area contributed by atoms with Gasteiger partial charge in [0.2, 0.25) is 0 Å². The average molecular weight is 349 g/mol. The normalized spacial score (nSPS) is 11.0. The summed E-state index contributed by atoms with van der Waals surface area (Å²) in [5.41, 5.74) is 3.64. The lowest BCUT2D eigenvalue weighted by atomic mass is 10.1. The van der Waals surface area contributed by atoms with Crippen LogP contribution in [0.5, 0.6) is 0 Å². The molecule has 4 aromatic rings. The SMILES string of the molecule is Cc1cccc(F)c1CNc1ncnc2cc(-c3ccccc3)sc12. The maximum Gasteiger partial charge on any atom is 0.147 e. The highest BCUT2D eigenvalue weighted by Crippen LogP contribution is 2.35. The molecule has 0 spiro atoms. The molecule has 0 unspecified atom stereocenters. The molecule has 0 aliphatic carbocycles. The zero-order chi connectivity index (χ0) is 17.2. The Morgan fingerprint density at radius 2 is 1.88 bits per heavy atom. The predicted octanol–water partition coefficient (Wildman–Crippen LogP) is 5.42. The van der Waals surface area contributed by atoms with Crippen LogP contribution in [-0.4, -0.2) is 9.97 Å². The largest absolute Gasteiger partial charge is 0.365 e. The zero-order valence-corrected chi connectivity index (χ0v) is 14.5. The highest BCUT2D eigenvalue weighted by atomic mass is 32.1. The van der Waals surface area contributed by atoms with Crippen LogP contribution in [0, 0.1) is 12.7 Å². The molecule has 0 aliphatic heterocycles. The minimum Gasteiger partial charge on any atom is -0.365 e. The molecule has 0 saturated carbocycles. The van der Waals surface area contributed by atoms with E-state index in [0.29, 0.717) is 12.1 Å². The van der Waals surface area contributed by atoms with E-state index in [2.05, 4.69) is 33.5 Å². The lowest BCUT2D eigenvalue weighted by Crippen LogP contribution is -2.05. The van der Waals surface area contributed by atoms with Gasteiger partial charge in [0.1, 0.15) is 18.0 Å². The van der Waals surface area contributed by atoms with Gasteiger partial charge in [-0.1, -0.05) is 42.5 Å². The molecule has 5 heteroatoms. The highest BCUT2D eigenvalue weighted by Gasteiger charge is 2.11. The third-order valence-electron chi connectivity index (χ3n) is 4.16. The first-order valence-electron chi connectivity index (χ1n) is 8.00. The van der Waals surface area contributed by atoms with Gasteiger partial charge in [-0.25, -0.2) is 14.4 Å². The molecule has 0 bridgehead atoms. The summed E-state index contributed by atoms with van der Waals surface area (Å²) in [6, 6.07) is 17.4. The molecule has 0 amide bonds. The van der Waals surface area contributed by atoms with Gasteiger partial charge in [0.25, 0.3) is 0 Å². The fraction of sp³-hybridized carbons (Fsp3) is 0.100. The van der Waals surface area contributed by atoms with Crippen LogP contribution >= 0.6 is 11.3 Å². The molecule has 3 nitrogen and oxygen atoms in total. The van der Waals surface area contributed by atoms with Gasteiger partial charge in [-0.05, 0) is 30.2 Å². The number of nitrogens with one attached hydrogen (secondary N) is 1. The smallest absolute Gasteiger partial charge is 0.147 e. The maximum absolute atomic E-state index is 14.0. The summed E-state index contributed by atoms with van der Waals surface area (Å²) in [6.07, 6.45) is 1.54. The van der Waals surface area contributed by atoms with Crippen molar-refractivity contribution in [2.45, 2.75) is 13.5 Å². The van der Waals surface area contributed by atoms with Crippen LogP contribution in [-0.2, 0) is 6.54 Å². The van der Waals surface area contributed by atoms with Crippen molar-refractivity contribution in [1.82, 2.24) is 9.97 Å². The molecule has 4 rings (SSSR count). The number of benzene rings is 2. The third kappa shape index (κ3) is 3.10. The topological polar surface area (TPSA) is 37.8 Å². The number of aromatic nitrogens is 2. The van der Waals surface area contributed by atoms with Crippen LogP contribution in [0.2, 0.25) is 0 Å². The molecule has 0 atom stereocenters. The summed E-state index contributed by atoms with van der Waals surface area (Å²) in [5.74, 6) is 0.536. The van der Waals surface area contributed by atoms with E-state index in [1.54, 1.807) is 23.7 Å². The number of anilines is 1. The van der Waals surface area contributed by atoms with Gasteiger partial charge in [0.05, 0.1) is 10.2 Å². The summed E-state index contributed by atoms with van der Waals surface area (Å²) >= 11 is 1.64. The van der Waals surface area contributed by atoms with Gasteiger partial charge in [0.15, 0.2) is 0 Å². The Balaban J connectivity index is 1.67. The first kappa shape index (κ1) is 15.7. The second kappa shape index (κ2) is 6.61. The molecule has 2 aromatic heterocycles. The quantitative estimate of drug-likeness (QED) is 0.535. The Hall–Kier alpha value is -2.79. The lowest BCUT2D eigenvalue weighted by molar-refractivity contribution is 0.611. The van der Waals surface area contributed by atoms with Crippen molar-refractivity contribution < 1.29 is 4.39 Å². The van der Waals surface area contributed by atoms with Crippen molar-refractivity contribution in [1.29, 1.82) is 0 Å². The Morgan fingerprint density at radius 3 is 2.68 bits per heavy atom. The summed E-state index contributed by atoms with van der Waals surface area (Å²) in [7, 11) is 0. The summed E-state index contributed by atoms with van der Waals surface area (Å²) < 4.78 is 15.0. The van der Waals surface area contributed by atoms with Crippen molar-refractivity contribution in [2.75, 3.05) is 5.32 Å². The van der Waals surface area contributed by atoms with Crippen LogP contribution in [0.25, 0.3) is 20.7 Å². The number of rotatable bonds is 4. The van der Waals surface area contributed by atoms with E-state index in [1.165, 1.54) is 6.07 Å². The van der Waals surface area contributed by atoms with Crippen LogP contribution in [0.3, 0.4) is 0 Å². The number of fused-ring (bicyclic) bond motifs is 1. The van der Waals surface area contributed by atoms with Gasteiger partial charge in [-0.3, -0.25) is 0 Å². The number of halogens is 1. The first-order chi connectivity index (χ1) is 12.2. The molecule has 0 saturated heterocycles. The minimum atomic E-state index is -0.200. The third-order valence-corrected chi connectivity index (χ3v) is 5.34. The van der Waals surface area contributed by atoms with Crippen LogP contribution in [0.15, 0.2) is 60.9 Å². The van der Waals surface area contributed by atoms with Crippen LogP contribution in [0.1, 0.15) is 11.1 Å². The summed E-state index contributed by atoms with van der Waals surface area (Å²) in [5, 5.41) is 3.27. The van der Waals surface area contributed by atoms with E-state index in [-0.39, 0.29) is 5.82 Å². The summed E-state index contributed by atoms with van der Waals surface area (Å²) in [6.45, 7) is 2.30. The van der Waals surface area contributed by atoms with Crippen molar-refractivity contribution in [3.8, 4) is 10.4 Å². The summed E-state index contributed by atoms with van der Waals surface area (Å²) in [4.78, 5) is 9.86. The highest BCUT2D eigenvalue weighted by molar-refractivity contribution is 7.22. The van der Waals surface area contributed by atoms with E-state index in [1.807, 2.05) is 31.2 Å². The second-order valence-electron chi connectivity index (χ2n) is 5.80. The molecule has 124 valence electrons. The number of hydrogen-bond donors (Lipinski definition) is 1. The number of hydrogen-bond acceptors (Lipinski definition) is 4. The van der Waals surface area contributed by atoms with Crippen LogP contribution in [0.4, 0.5) is 10.2 Å². The van der Waals surface area contributed by atoms with Gasteiger partial charge in [-0.2, -0.15) is 0 Å². The van der Waals surface area contributed by atoms with Crippen molar-refractivity contribution >= 4 is 27.4 Å². The maximum atomic E-state index is 14.0. The Morgan fingerprint density at radius 1 is 1.04 bits per heavy atom. The molecular weight excluding hydrogens is 333 g/mol. The Kier molecular flexibility index (Phi) is 4.15. The Labute approximate surface area is 149 Å². The van der Waals surface area contributed by atoms with E-state index in [9.17, 15) is 4.39 Å². The Bertz CT molecular complexity index is 1010.